The Morgan fingerprint density at radius 1 is 1.03 bits per heavy atom. The van der Waals surface area contributed by atoms with Crippen molar-refractivity contribution < 1.29 is 9.53 Å². The summed E-state index contributed by atoms with van der Waals surface area (Å²) in [6.07, 6.45) is 0.525. The van der Waals surface area contributed by atoms with Gasteiger partial charge in [0.2, 0.25) is 5.88 Å². The molecule has 1 aliphatic rings. The normalized spacial score (nSPS) is 14.2. The Bertz CT molecular complexity index is 1110. The number of nitrogen functional groups attached to an aromatic ring is 1. The molecular formula is C24H29N7O2. The number of aromatic nitrogens is 2. The van der Waals surface area contributed by atoms with Crippen molar-refractivity contribution in [1.82, 2.24) is 14.9 Å². The second-order valence-electron chi connectivity index (χ2n) is 8.02. The van der Waals surface area contributed by atoms with Gasteiger partial charge in [-0.3, -0.25) is 4.79 Å². The SMILES string of the molecule is CCc1nc(C(N)=O)c(Nc2ccc(N3CCN(C)CC3)cc2)nc1Oc1ccc(N)cc1. The highest BCUT2D eigenvalue weighted by atomic mass is 16.5. The summed E-state index contributed by atoms with van der Waals surface area (Å²) in [5.74, 6) is 0.469. The zero-order valence-corrected chi connectivity index (χ0v) is 18.9. The van der Waals surface area contributed by atoms with Crippen LogP contribution in [0.3, 0.4) is 0 Å². The van der Waals surface area contributed by atoms with Crippen LogP contribution in [0, 0.1) is 0 Å². The van der Waals surface area contributed by atoms with Crippen LogP contribution < -0.4 is 26.4 Å². The summed E-state index contributed by atoms with van der Waals surface area (Å²) < 4.78 is 5.94. The fraction of sp³-hybridized carbons (Fsp3) is 0.292. The van der Waals surface area contributed by atoms with Crippen molar-refractivity contribution in [1.29, 1.82) is 0 Å². The van der Waals surface area contributed by atoms with Gasteiger partial charge in [-0.05, 0) is 62.0 Å². The Kier molecular flexibility index (Phi) is 6.60. The first-order chi connectivity index (χ1) is 15.9. The smallest absolute Gasteiger partial charge is 0.271 e. The van der Waals surface area contributed by atoms with Gasteiger partial charge >= 0.3 is 0 Å². The minimum atomic E-state index is -0.659. The van der Waals surface area contributed by atoms with Gasteiger partial charge in [-0.15, -0.1) is 0 Å². The number of rotatable bonds is 7. The van der Waals surface area contributed by atoms with Crippen molar-refractivity contribution in [3.05, 3.63) is 59.9 Å². The number of nitrogens with two attached hydrogens (primary N) is 2. The summed E-state index contributed by atoms with van der Waals surface area (Å²) in [5, 5.41) is 3.18. The van der Waals surface area contributed by atoms with E-state index in [-0.39, 0.29) is 11.5 Å². The lowest BCUT2D eigenvalue weighted by molar-refractivity contribution is 0.0996. The number of ether oxygens (including phenoxy) is 1. The maximum Gasteiger partial charge on any atom is 0.271 e. The van der Waals surface area contributed by atoms with Crippen LogP contribution in [-0.4, -0.2) is 54.0 Å². The van der Waals surface area contributed by atoms with E-state index in [1.807, 2.05) is 19.1 Å². The molecular weight excluding hydrogens is 418 g/mol. The average molecular weight is 448 g/mol. The van der Waals surface area contributed by atoms with Gasteiger partial charge in [0.25, 0.3) is 5.91 Å². The van der Waals surface area contributed by atoms with Gasteiger partial charge in [0.15, 0.2) is 11.5 Å². The highest BCUT2D eigenvalue weighted by Crippen LogP contribution is 2.29. The van der Waals surface area contributed by atoms with Crippen LogP contribution in [0.25, 0.3) is 0 Å². The average Bonchev–Trinajstić information content (AvgIpc) is 2.81. The van der Waals surface area contributed by atoms with Crippen LogP contribution in [0.4, 0.5) is 22.9 Å². The van der Waals surface area contributed by atoms with E-state index >= 15 is 0 Å². The molecule has 2 aromatic carbocycles. The zero-order chi connectivity index (χ0) is 23.4. The highest BCUT2D eigenvalue weighted by Gasteiger charge is 2.19. The number of nitrogens with one attached hydrogen (secondary N) is 1. The number of carbonyl (C=O) groups excluding carboxylic acids is 1. The van der Waals surface area contributed by atoms with Gasteiger partial charge in [0.05, 0.1) is 0 Å². The minimum Gasteiger partial charge on any atom is -0.437 e. The summed E-state index contributed by atoms with van der Waals surface area (Å²) in [4.78, 5) is 25.8. The quantitative estimate of drug-likeness (QED) is 0.473. The van der Waals surface area contributed by atoms with Crippen LogP contribution in [0.2, 0.25) is 0 Å². The van der Waals surface area contributed by atoms with Crippen LogP contribution in [-0.2, 0) is 6.42 Å². The van der Waals surface area contributed by atoms with E-state index in [4.69, 9.17) is 16.2 Å². The number of hydrogen-bond donors (Lipinski definition) is 3. The van der Waals surface area contributed by atoms with E-state index in [1.54, 1.807) is 24.3 Å². The molecule has 9 heteroatoms. The molecule has 0 radical (unpaired) electrons. The molecule has 0 unspecified atom stereocenters. The Balaban J connectivity index is 1.59. The Hall–Kier alpha value is -3.85. The lowest BCUT2D eigenvalue weighted by Crippen LogP contribution is -2.44. The van der Waals surface area contributed by atoms with E-state index in [9.17, 15) is 4.79 Å². The third-order valence-corrected chi connectivity index (χ3v) is 5.59. The second-order valence-corrected chi connectivity index (χ2v) is 8.02. The molecule has 4 rings (SSSR count). The summed E-state index contributed by atoms with van der Waals surface area (Å²) >= 11 is 0. The molecule has 5 N–H and O–H groups in total. The first kappa shape index (κ1) is 22.3. The largest absolute Gasteiger partial charge is 0.437 e. The van der Waals surface area contributed by atoms with Crippen LogP contribution in [0.5, 0.6) is 11.6 Å². The van der Waals surface area contributed by atoms with Crippen molar-refractivity contribution >= 4 is 28.8 Å². The molecule has 1 aromatic heterocycles. The lowest BCUT2D eigenvalue weighted by atomic mass is 10.2. The minimum absolute atomic E-state index is 0.0691. The summed E-state index contributed by atoms with van der Waals surface area (Å²) in [7, 11) is 2.14. The lowest BCUT2D eigenvalue weighted by Gasteiger charge is -2.34. The molecule has 0 aliphatic carbocycles. The molecule has 33 heavy (non-hydrogen) atoms. The maximum atomic E-state index is 12.1. The number of aryl methyl sites for hydroxylation is 1. The van der Waals surface area contributed by atoms with Crippen LogP contribution in [0.1, 0.15) is 23.1 Å². The Morgan fingerprint density at radius 2 is 1.70 bits per heavy atom. The number of anilines is 4. The fourth-order valence-electron chi connectivity index (χ4n) is 3.63. The first-order valence-electron chi connectivity index (χ1n) is 11.0. The molecule has 1 amide bonds. The monoisotopic (exact) mass is 447 g/mol. The van der Waals surface area contributed by atoms with E-state index in [0.29, 0.717) is 29.4 Å². The molecule has 2 heterocycles. The van der Waals surface area contributed by atoms with Gasteiger partial charge in [-0.1, -0.05) is 6.92 Å². The summed E-state index contributed by atoms with van der Waals surface area (Å²) in [6, 6.07) is 15.0. The van der Waals surface area contributed by atoms with E-state index in [1.165, 1.54) is 0 Å². The van der Waals surface area contributed by atoms with Crippen molar-refractivity contribution in [3.63, 3.8) is 0 Å². The number of hydrogen-bond acceptors (Lipinski definition) is 8. The molecule has 172 valence electrons. The number of primary amides is 1. The molecule has 1 fully saturated rings. The van der Waals surface area contributed by atoms with Gasteiger partial charge < -0.3 is 31.3 Å². The molecule has 1 saturated heterocycles. The maximum absolute atomic E-state index is 12.1. The van der Waals surface area contributed by atoms with Crippen LogP contribution in [0.15, 0.2) is 48.5 Å². The number of nitrogens with zero attached hydrogens (tertiary/aromatic N) is 4. The molecule has 3 aromatic rings. The molecule has 1 aliphatic heterocycles. The van der Waals surface area contributed by atoms with Gasteiger partial charge in [-0.25, -0.2) is 4.98 Å². The highest BCUT2D eigenvalue weighted by molar-refractivity contribution is 5.96. The number of benzene rings is 2. The van der Waals surface area contributed by atoms with Crippen LogP contribution >= 0.6 is 0 Å². The van der Waals surface area contributed by atoms with Crippen molar-refractivity contribution in [3.8, 4) is 11.6 Å². The van der Waals surface area contributed by atoms with Crippen molar-refractivity contribution in [2.45, 2.75) is 13.3 Å². The molecule has 9 nitrogen and oxygen atoms in total. The first-order valence-corrected chi connectivity index (χ1v) is 11.0. The second kappa shape index (κ2) is 9.74. The number of likely N-dealkylation sites (N-methyl/N-ethyl adjacent to an activating group) is 1. The van der Waals surface area contributed by atoms with E-state index in [0.717, 1.165) is 37.6 Å². The third-order valence-electron chi connectivity index (χ3n) is 5.59. The molecule has 0 spiro atoms. The van der Waals surface area contributed by atoms with Gasteiger partial charge in [0.1, 0.15) is 11.4 Å². The number of amides is 1. The molecule has 0 saturated carbocycles. The summed E-state index contributed by atoms with van der Waals surface area (Å²) in [5.41, 5.74) is 14.5. The summed E-state index contributed by atoms with van der Waals surface area (Å²) in [6.45, 7) is 5.97. The van der Waals surface area contributed by atoms with E-state index < -0.39 is 5.91 Å². The fourth-order valence-corrected chi connectivity index (χ4v) is 3.63. The topological polar surface area (TPSA) is 123 Å². The molecule has 0 bridgehead atoms. The number of piperazine rings is 1. The predicted molar refractivity (Wildman–Crippen MR) is 130 cm³/mol. The number of carbonyl (C=O) groups is 1. The Labute approximate surface area is 193 Å². The standard InChI is InChI=1S/C24H29N7O2/c1-3-20-24(33-19-10-4-16(25)5-11-19)29-23(21(28-20)22(26)32)27-17-6-8-18(9-7-17)31-14-12-30(2)13-15-31/h4-11H,3,12-15,25H2,1-2H3,(H2,26,32)(H,27,29). The van der Waals surface area contributed by atoms with E-state index in [2.05, 4.69) is 44.3 Å². The van der Waals surface area contributed by atoms with Crippen molar-refractivity contribution in [2.75, 3.05) is 49.2 Å². The predicted octanol–water partition coefficient (Wildman–Crippen LogP) is 3.01. The van der Waals surface area contributed by atoms with Crippen molar-refractivity contribution in [2.24, 2.45) is 5.73 Å². The molecule has 0 atom stereocenters. The zero-order valence-electron chi connectivity index (χ0n) is 18.9. The van der Waals surface area contributed by atoms with Gasteiger partial charge in [-0.2, -0.15) is 4.98 Å². The third kappa shape index (κ3) is 5.32. The Morgan fingerprint density at radius 3 is 2.30 bits per heavy atom. The van der Waals surface area contributed by atoms with Gasteiger partial charge in [0, 0.05) is 43.2 Å².